The summed E-state index contributed by atoms with van der Waals surface area (Å²) in [5, 5.41) is 1.34. The fourth-order valence-corrected chi connectivity index (χ4v) is 2.71. The van der Waals surface area contributed by atoms with Crippen molar-refractivity contribution in [2.45, 2.75) is 5.03 Å². The Hall–Kier alpha value is -1.73. The first kappa shape index (κ1) is 10.4. The lowest BCUT2D eigenvalue weighted by Crippen LogP contribution is -1.94. The molecule has 3 rings (SSSR count). The third-order valence-corrected chi connectivity index (χ3v) is 3.48. The fourth-order valence-electron chi connectivity index (χ4n) is 1.44. The summed E-state index contributed by atoms with van der Waals surface area (Å²) in [6, 6.07) is 3.81. The number of rotatable bonds is 1. The number of pyridine rings is 1. The van der Waals surface area contributed by atoms with E-state index in [2.05, 4.69) is 32.6 Å². The van der Waals surface area contributed by atoms with Crippen LogP contribution in [0, 0.1) is 0 Å². The molecule has 5 nitrogen and oxygen atoms in total. The van der Waals surface area contributed by atoms with Gasteiger partial charge >= 0.3 is 0 Å². The molecule has 3 aromatic rings. The van der Waals surface area contributed by atoms with E-state index in [4.69, 9.17) is 5.73 Å². The van der Waals surface area contributed by atoms with Gasteiger partial charge in [-0.1, -0.05) is 11.3 Å². The van der Waals surface area contributed by atoms with Gasteiger partial charge in [0.2, 0.25) is 5.95 Å². The van der Waals surface area contributed by atoms with Crippen LogP contribution in [-0.4, -0.2) is 19.9 Å². The summed E-state index contributed by atoms with van der Waals surface area (Å²) < 4.78 is 0. The number of thiol groups is 1. The summed E-state index contributed by atoms with van der Waals surface area (Å²) in [6.45, 7) is 0. The number of anilines is 1. The van der Waals surface area contributed by atoms with Gasteiger partial charge in [-0.15, -0.1) is 12.6 Å². The van der Waals surface area contributed by atoms with Crippen molar-refractivity contribution in [3.05, 3.63) is 24.5 Å². The Morgan fingerprint density at radius 3 is 2.88 bits per heavy atom. The summed E-state index contributed by atoms with van der Waals surface area (Å²) in [5.41, 5.74) is 7.19. The van der Waals surface area contributed by atoms with E-state index in [0.717, 1.165) is 15.4 Å². The van der Waals surface area contributed by atoms with Crippen molar-refractivity contribution in [2.75, 3.05) is 5.73 Å². The largest absolute Gasteiger partial charge is 0.368 e. The maximum absolute atomic E-state index is 5.57. The highest BCUT2D eigenvalue weighted by atomic mass is 32.1. The molecule has 0 saturated carbocycles. The molecule has 0 spiro atoms. The molecule has 0 aliphatic heterocycles. The third kappa shape index (κ3) is 1.83. The van der Waals surface area contributed by atoms with Crippen LogP contribution in [0.2, 0.25) is 0 Å². The fraction of sp³-hybridized carbons (Fsp3) is 0. The first-order valence-corrected chi connectivity index (χ1v) is 6.04. The van der Waals surface area contributed by atoms with Crippen LogP contribution in [0.25, 0.3) is 20.9 Å². The zero-order valence-electron chi connectivity index (χ0n) is 8.53. The van der Waals surface area contributed by atoms with Crippen molar-refractivity contribution in [1.29, 1.82) is 0 Å². The lowest BCUT2D eigenvalue weighted by atomic mass is 10.3. The van der Waals surface area contributed by atoms with E-state index in [1.807, 2.05) is 12.1 Å². The molecule has 0 bridgehead atoms. The Bertz CT molecular complexity index is 680. The summed E-state index contributed by atoms with van der Waals surface area (Å²) in [7, 11) is 0. The molecule has 0 amide bonds. The lowest BCUT2D eigenvalue weighted by Gasteiger charge is -1.93. The highest BCUT2D eigenvalue weighted by Gasteiger charge is 2.11. The Kier molecular flexibility index (Phi) is 2.41. The predicted molar refractivity (Wildman–Crippen MR) is 70.1 cm³/mol. The van der Waals surface area contributed by atoms with E-state index in [1.165, 1.54) is 11.3 Å². The van der Waals surface area contributed by atoms with Gasteiger partial charge in [0, 0.05) is 18.0 Å². The number of nitrogens with two attached hydrogens (primary N) is 1. The molecule has 3 aromatic heterocycles. The van der Waals surface area contributed by atoms with Gasteiger partial charge in [0.25, 0.3) is 0 Å². The van der Waals surface area contributed by atoms with Crippen LogP contribution in [-0.2, 0) is 0 Å². The summed E-state index contributed by atoms with van der Waals surface area (Å²) in [5.74, 6) is 0.212. The first-order valence-electron chi connectivity index (χ1n) is 4.77. The standard InChI is InChI=1S/C10H7N5S2/c11-10-14-7(16)6-9(15-10)17-8(13-6)5-2-1-3-12-4-5/h1-4H,(H3,11,14,15,16). The van der Waals surface area contributed by atoms with Crippen molar-refractivity contribution >= 4 is 40.3 Å². The molecule has 0 unspecified atom stereocenters. The molecule has 0 aromatic carbocycles. The third-order valence-electron chi connectivity index (χ3n) is 2.17. The molecular weight excluding hydrogens is 254 g/mol. The van der Waals surface area contributed by atoms with Gasteiger partial charge in [0.15, 0.2) is 4.83 Å². The summed E-state index contributed by atoms with van der Waals surface area (Å²) >= 11 is 5.69. The smallest absolute Gasteiger partial charge is 0.222 e. The maximum atomic E-state index is 5.57. The maximum Gasteiger partial charge on any atom is 0.222 e. The SMILES string of the molecule is Nc1nc(S)c2nc(-c3cccnc3)sc2n1. The van der Waals surface area contributed by atoms with Gasteiger partial charge in [-0.2, -0.15) is 0 Å². The van der Waals surface area contributed by atoms with E-state index in [1.54, 1.807) is 12.4 Å². The number of fused-ring (bicyclic) bond motifs is 1. The van der Waals surface area contributed by atoms with E-state index in [-0.39, 0.29) is 5.95 Å². The average molecular weight is 261 g/mol. The highest BCUT2D eigenvalue weighted by molar-refractivity contribution is 7.80. The molecule has 0 atom stereocenters. The average Bonchev–Trinajstić information content (AvgIpc) is 2.74. The van der Waals surface area contributed by atoms with Crippen LogP contribution in [0.4, 0.5) is 5.95 Å². The number of thiazole rings is 1. The number of nitrogens with zero attached hydrogens (tertiary/aromatic N) is 4. The number of nitrogen functional groups attached to an aromatic ring is 1. The molecule has 17 heavy (non-hydrogen) atoms. The first-order chi connectivity index (χ1) is 8.24. The Morgan fingerprint density at radius 1 is 1.24 bits per heavy atom. The monoisotopic (exact) mass is 261 g/mol. The normalized spacial score (nSPS) is 10.9. The van der Waals surface area contributed by atoms with Gasteiger partial charge in [0.1, 0.15) is 15.6 Å². The molecular formula is C10H7N5S2. The number of hydrogen-bond acceptors (Lipinski definition) is 7. The van der Waals surface area contributed by atoms with E-state index < -0.39 is 0 Å². The lowest BCUT2D eigenvalue weighted by molar-refractivity contribution is 1.11. The summed E-state index contributed by atoms with van der Waals surface area (Å²) in [4.78, 5) is 17.3. The number of hydrogen-bond donors (Lipinski definition) is 2. The Balaban J connectivity index is 2.24. The minimum absolute atomic E-state index is 0.212. The van der Waals surface area contributed by atoms with Crippen molar-refractivity contribution < 1.29 is 0 Å². The van der Waals surface area contributed by atoms with Gasteiger partial charge in [-0.3, -0.25) is 4.98 Å². The van der Waals surface area contributed by atoms with Crippen LogP contribution in [0.1, 0.15) is 0 Å². The second kappa shape index (κ2) is 3.94. The Morgan fingerprint density at radius 2 is 2.12 bits per heavy atom. The molecule has 84 valence electrons. The van der Waals surface area contributed by atoms with E-state index in [9.17, 15) is 0 Å². The zero-order valence-corrected chi connectivity index (χ0v) is 10.2. The van der Waals surface area contributed by atoms with Crippen molar-refractivity contribution in [3.8, 4) is 10.6 Å². The van der Waals surface area contributed by atoms with Crippen molar-refractivity contribution in [1.82, 2.24) is 19.9 Å². The molecule has 2 N–H and O–H groups in total. The summed E-state index contributed by atoms with van der Waals surface area (Å²) in [6.07, 6.45) is 3.48. The molecule has 0 fully saturated rings. The molecule has 7 heteroatoms. The minimum atomic E-state index is 0.212. The van der Waals surface area contributed by atoms with Crippen molar-refractivity contribution in [2.24, 2.45) is 0 Å². The molecule has 0 aliphatic rings. The topological polar surface area (TPSA) is 77.6 Å². The minimum Gasteiger partial charge on any atom is -0.368 e. The van der Waals surface area contributed by atoms with Crippen LogP contribution in [0.15, 0.2) is 29.6 Å². The molecule has 0 radical (unpaired) electrons. The zero-order chi connectivity index (χ0) is 11.8. The van der Waals surface area contributed by atoms with Gasteiger partial charge in [-0.05, 0) is 12.1 Å². The number of aromatic nitrogens is 4. The van der Waals surface area contributed by atoms with Crippen LogP contribution >= 0.6 is 24.0 Å². The quantitative estimate of drug-likeness (QED) is 0.517. The van der Waals surface area contributed by atoms with Gasteiger partial charge in [0.05, 0.1) is 0 Å². The van der Waals surface area contributed by atoms with Crippen LogP contribution < -0.4 is 5.73 Å². The van der Waals surface area contributed by atoms with Crippen LogP contribution in [0.5, 0.6) is 0 Å². The second-order valence-corrected chi connectivity index (χ2v) is 4.72. The van der Waals surface area contributed by atoms with Gasteiger partial charge < -0.3 is 5.73 Å². The highest BCUT2D eigenvalue weighted by Crippen LogP contribution is 2.30. The van der Waals surface area contributed by atoms with Gasteiger partial charge in [-0.25, -0.2) is 15.0 Å². The Labute approximate surface area is 106 Å². The van der Waals surface area contributed by atoms with E-state index >= 15 is 0 Å². The van der Waals surface area contributed by atoms with Crippen molar-refractivity contribution in [3.63, 3.8) is 0 Å². The van der Waals surface area contributed by atoms with E-state index in [0.29, 0.717) is 10.5 Å². The molecule has 0 saturated heterocycles. The molecule has 3 heterocycles. The second-order valence-electron chi connectivity index (χ2n) is 3.32. The predicted octanol–water partition coefficient (Wildman–Crippen LogP) is 2.02. The van der Waals surface area contributed by atoms with Crippen LogP contribution in [0.3, 0.4) is 0 Å². The molecule has 0 aliphatic carbocycles.